The molecule has 0 rings (SSSR count). The molecule has 0 aliphatic carbocycles. The molecule has 3 nitrogen and oxygen atoms in total. The third-order valence-corrected chi connectivity index (χ3v) is 1.93. The van der Waals surface area contributed by atoms with Crippen LogP contribution in [-0.4, -0.2) is 17.9 Å². The van der Waals surface area contributed by atoms with Gasteiger partial charge in [0.15, 0.2) is 0 Å². The van der Waals surface area contributed by atoms with Crippen molar-refractivity contribution in [2.45, 2.75) is 40.0 Å². The standard InChI is InChI=1S/C12H20O3/c1-10(2)6-4-7-11(3)8-5-9-15-12(13)14/h6,8H,4-5,7,9H2,1-3H3,(H,13,14)/b11-8-. The van der Waals surface area contributed by atoms with Crippen LogP contribution in [0.3, 0.4) is 0 Å². The Morgan fingerprint density at radius 2 is 1.87 bits per heavy atom. The SMILES string of the molecule is CC(C)=CCC/C(C)=C\CCOC(=O)O. The second-order valence-electron chi connectivity index (χ2n) is 3.77. The van der Waals surface area contributed by atoms with E-state index in [-0.39, 0.29) is 6.61 Å². The molecule has 3 heteroatoms. The Hall–Kier alpha value is -1.25. The predicted octanol–water partition coefficient (Wildman–Crippen LogP) is 3.76. The maximum absolute atomic E-state index is 10.0. The van der Waals surface area contributed by atoms with Crippen molar-refractivity contribution in [3.63, 3.8) is 0 Å². The van der Waals surface area contributed by atoms with Gasteiger partial charge in [0.1, 0.15) is 0 Å². The first kappa shape index (κ1) is 13.8. The largest absolute Gasteiger partial charge is 0.505 e. The maximum Gasteiger partial charge on any atom is 0.505 e. The fraction of sp³-hybridized carbons (Fsp3) is 0.583. The molecule has 0 aliphatic rings. The van der Waals surface area contributed by atoms with Gasteiger partial charge in [0.2, 0.25) is 0 Å². The lowest BCUT2D eigenvalue weighted by Gasteiger charge is -2.00. The summed E-state index contributed by atoms with van der Waals surface area (Å²) in [4.78, 5) is 10.0. The first-order valence-electron chi connectivity index (χ1n) is 5.17. The summed E-state index contributed by atoms with van der Waals surface area (Å²) < 4.78 is 4.40. The van der Waals surface area contributed by atoms with E-state index in [0.29, 0.717) is 6.42 Å². The van der Waals surface area contributed by atoms with Crippen LogP contribution >= 0.6 is 0 Å². The maximum atomic E-state index is 10.0. The lowest BCUT2D eigenvalue weighted by atomic mass is 10.1. The van der Waals surface area contributed by atoms with Crippen molar-refractivity contribution in [3.8, 4) is 0 Å². The summed E-state index contributed by atoms with van der Waals surface area (Å²) in [6.45, 7) is 6.47. The Morgan fingerprint density at radius 3 is 2.40 bits per heavy atom. The molecule has 0 unspecified atom stereocenters. The van der Waals surface area contributed by atoms with Crippen LogP contribution in [0.15, 0.2) is 23.3 Å². The van der Waals surface area contributed by atoms with Crippen LogP contribution in [-0.2, 0) is 4.74 Å². The van der Waals surface area contributed by atoms with E-state index in [9.17, 15) is 4.79 Å². The zero-order chi connectivity index (χ0) is 11.7. The van der Waals surface area contributed by atoms with Gasteiger partial charge in [0.05, 0.1) is 6.61 Å². The topological polar surface area (TPSA) is 46.5 Å². The predicted molar refractivity (Wildman–Crippen MR) is 61.0 cm³/mol. The third-order valence-electron chi connectivity index (χ3n) is 1.93. The molecular weight excluding hydrogens is 192 g/mol. The highest BCUT2D eigenvalue weighted by atomic mass is 16.7. The minimum absolute atomic E-state index is 0.245. The van der Waals surface area contributed by atoms with Crippen molar-refractivity contribution < 1.29 is 14.6 Å². The van der Waals surface area contributed by atoms with Gasteiger partial charge < -0.3 is 9.84 Å². The minimum atomic E-state index is -1.20. The molecule has 0 bridgehead atoms. The van der Waals surface area contributed by atoms with E-state index in [1.807, 2.05) is 6.08 Å². The van der Waals surface area contributed by atoms with Gasteiger partial charge in [0.25, 0.3) is 0 Å². The Bertz CT molecular complexity index is 248. The molecule has 1 N–H and O–H groups in total. The summed E-state index contributed by atoms with van der Waals surface area (Å²) >= 11 is 0. The van der Waals surface area contributed by atoms with Crippen molar-refractivity contribution in [2.75, 3.05) is 6.61 Å². The number of hydrogen-bond donors (Lipinski definition) is 1. The van der Waals surface area contributed by atoms with Gasteiger partial charge in [-0.05, 0) is 40.0 Å². The monoisotopic (exact) mass is 212 g/mol. The van der Waals surface area contributed by atoms with Crippen molar-refractivity contribution in [1.29, 1.82) is 0 Å². The second-order valence-corrected chi connectivity index (χ2v) is 3.77. The van der Waals surface area contributed by atoms with Gasteiger partial charge >= 0.3 is 6.16 Å². The Kier molecular flexibility index (Phi) is 7.42. The summed E-state index contributed by atoms with van der Waals surface area (Å²) in [5.74, 6) is 0. The zero-order valence-corrected chi connectivity index (χ0v) is 9.75. The lowest BCUT2D eigenvalue weighted by Crippen LogP contribution is -2.00. The number of allylic oxidation sites excluding steroid dienone is 3. The average molecular weight is 212 g/mol. The van der Waals surface area contributed by atoms with E-state index in [1.54, 1.807) is 0 Å². The fourth-order valence-corrected chi connectivity index (χ4v) is 1.14. The van der Waals surface area contributed by atoms with E-state index in [0.717, 1.165) is 12.8 Å². The molecule has 0 saturated carbocycles. The molecule has 86 valence electrons. The van der Waals surface area contributed by atoms with E-state index in [4.69, 9.17) is 5.11 Å². The molecule has 0 amide bonds. The Balaban J connectivity index is 3.61. The number of carbonyl (C=O) groups is 1. The highest BCUT2D eigenvalue weighted by Gasteiger charge is 1.94. The van der Waals surface area contributed by atoms with E-state index in [2.05, 4.69) is 31.6 Å². The first-order valence-corrected chi connectivity index (χ1v) is 5.17. The number of ether oxygens (including phenoxy) is 1. The molecule has 0 saturated heterocycles. The minimum Gasteiger partial charge on any atom is -0.450 e. The third kappa shape index (κ3) is 10.7. The molecule has 0 spiro atoms. The summed E-state index contributed by atoms with van der Waals surface area (Å²) in [5.41, 5.74) is 2.61. The smallest absolute Gasteiger partial charge is 0.450 e. The molecule has 0 aliphatic heterocycles. The summed E-state index contributed by atoms with van der Waals surface area (Å²) in [5, 5.41) is 8.23. The summed E-state index contributed by atoms with van der Waals surface area (Å²) in [7, 11) is 0. The molecule has 0 atom stereocenters. The molecule has 0 fully saturated rings. The second kappa shape index (κ2) is 8.09. The molecule has 0 aromatic heterocycles. The number of hydrogen-bond acceptors (Lipinski definition) is 2. The molecule has 0 heterocycles. The first-order chi connectivity index (χ1) is 7.02. The highest BCUT2D eigenvalue weighted by Crippen LogP contribution is 2.07. The summed E-state index contributed by atoms with van der Waals surface area (Å²) in [6, 6.07) is 0. The van der Waals surface area contributed by atoms with E-state index < -0.39 is 6.16 Å². The van der Waals surface area contributed by atoms with Gasteiger partial charge in [-0.2, -0.15) is 0 Å². The van der Waals surface area contributed by atoms with Gasteiger partial charge in [-0.1, -0.05) is 23.3 Å². The van der Waals surface area contributed by atoms with Crippen LogP contribution in [0.2, 0.25) is 0 Å². The van der Waals surface area contributed by atoms with Crippen molar-refractivity contribution >= 4 is 6.16 Å². The van der Waals surface area contributed by atoms with Gasteiger partial charge in [-0.15, -0.1) is 0 Å². The van der Waals surface area contributed by atoms with E-state index in [1.165, 1.54) is 11.1 Å². The average Bonchev–Trinajstić information content (AvgIpc) is 2.11. The van der Waals surface area contributed by atoms with Crippen LogP contribution in [0.1, 0.15) is 40.0 Å². The molecule has 0 radical (unpaired) electrons. The highest BCUT2D eigenvalue weighted by molar-refractivity contribution is 5.56. The molecule has 0 aromatic rings. The fourth-order valence-electron chi connectivity index (χ4n) is 1.14. The Morgan fingerprint density at radius 1 is 1.20 bits per heavy atom. The van der Waals surface area contributed by atoms with Crippen molar-refractivity contribution in [2.24, 2.45) is 0 Å². The van der Waals surface area contributed by atoms with E-state index >= 15 is 0 Å². The van der Waals surface area contributed by atoms with Crippen LogP contribution in [0, 0.1) is 0 Å². The number of carboxylic acid groups (broad SMARTS) is 1. The van der Waals surface area contributed by atoms with Crippen LogP contribution in [0.25, 0.3) is 0 Å². The van der Waals surface area contributed by atoms with Gasteiger partial charge in [-0.25, -0.2) is 4.79 Å². The zero-order valence-electron chi connectivity index (χ0n) is 9.75. The lowest BCUT2D eigenvalue weighted by molar-refractivity contribution is 0.0932. The number of rotatable bonds is 6. The normalized spacial score (nSPS) is 11.0. The molecular formula is C12H20O3. The van der Waals surface area contributed by atoms with Crippen LogP contribution in [0.4, 0.5) is 4.79 Å². The van der Waals surface area contributed by atoms with Gasteiger partial charge in [-0.3, -0.25) is 0 Å². The van der Waals surface area contributed by atoms with Crippen molar-refractivity contribution in [3.05, 3.63) is 23.3 Å². The molecule has 15 heavy (non-hydrogen) atoms. The quantitative estimate of drug-likeness (QED) is 0.414. The molecule has 0 aromatic carbocycles. The van der Waals surface area contributed by atoms with Gasteiger partial charge in [0, 0.05) is 0 Å². The van der Waals surface area contributed by atoms with Crippen LogP contribution < -0.4 is 0 Å². The van der Waals surface area contributed by atoms with Crippen LogP contribution in [0.5, 0.6) is 0 Å². The summed E-state index contributed by atoms with van der Waals surface area (Å²) in [6.07, 6.45) is 5.76. The Labute approximate surface area is 91.4 Å². The van der Waals surface area contributed by atoms with Crippen molar-refractivity contribution in [1.82, 2.24) is 0 Å².